The summed E-state index contributed by atoms with van der Waals surface area (Å²) in [6.45, 7) is 4.15. The molecule has 0 fully saturated rings. The zero-order chi connectivity index (χ0) is 15.2. The van der Waals surface area contributed by atoms with Gasteiger partial charge in [0.15, 0.2) is 0 Å². The lowest BCUT2D eigenvalue weighted by Gasteiger charge is -2.19. The van der Waals surface area contributed by atoms with Crippen molar-refractivity contribution in [1.82, 2.24) is 5.32 Å². The lowest BCUT2D eigenvalue weighted by molar-refractivity contribution is -0.121. The molecule has 0 saturated carbocycles. The van der Waals surface area contributed by atoms with E-state index in [0.29, 0.717) is 11.4 Å². The summed E-state index contributed by atoms with van der Waals surface area (Å²) in [6, 6.07) is 15.6. The van der Waals surface area contributed by atoms with E-state index in [-0.39, 0.29) is 11.9 Å². The van der Waals surface area contributed by atoms with Gasteiger partial charge in [-0.1, -0.05) is 54.9 Å². The molecular formula is C18H20ClNO. The molecule has 1 atom stereocenters. The van der Waals surface area contributed by atoms with Gasteiger partial charge in [-0.05, 0) is 42.2 Å². The maximum Gasteiger partial charge on any atom is 0.224 e. The average molecular weight is 302 g/mol. The second-order valence-electron chi connectivity index (χ2n) is 5.19. The van der Waals surface area contributed by atoms with E-state index in [1.807, 2.05) is 36.4 Å². The summed E-state index contributed by atoms with van der Waals surface area (Å²) in [4.78, 5) is 12.2. The quantitative estimate of drug-likeness (QED) is 0.868. The number of carbonyl (C=O) groups excluding carboxylic acids is 1. The molecule has 0 saturated heterocycles. The molecule has 2 aromatic carbocycles. The Hall–Kier alpha value is -1.80. The first-order valence-electron chi connectivity index (χ1n) is 7.19. The van der Waals surface area contributed by atoms with E-state index in [1.54, 1.807) is 0 Å². The summed E-state index contributed by atoms with van der Waals surface area (Å²) in [5, 5.41) is 3.77. The van der Waals surface area contributed by atoms with Crippen LogP contribution in [-0.2, 0) is 11.2 Å². The fourth-order valence-electron chi connectivity index (χ4n) is 2.46. The van der Waals surface area contributed by atoms with Crippen LogP contribution in [0.1, 0.15) is 36.1 Å². The van der Waals surface area contributed by atoms with Crippen LogP contribution < -0.4 is 5.32 Å². The number of carbonyl (C=O) groups is 1. The number of benzene rings is 2. The van der Waals surface area contributed by atoms with Crippen LogP contribution in [0.15, 0.2) is 48.5 Å². The highest BCUT2D eigenvalue weighted by atomic mass is 35.5. The minimum absolute atomic E-state index is 0.0207. The summed E-state index contributed by atoms with van der Waals surface area (Å²) in [7, 11) is 0. The topological polar surface area (TPSA) is 29.1 Å². The molecule has 1 amide bonds. The van der Waals surface area contributed by atoms with Gasteiger partial charge in [0.2, 0.25) is 5.91 Å². The number of aryl methyl sites for hydroxylation is 1. The molecule has 2 aromatic rings. The first-order valence-corrected chi connectivity index (χ1v) is 7.57. The van der Waals surface area contributed by atoms with Gasteiger partial charge in [-0.3, -0.25) is 4.79 Å². The largest absolute Gasteiger partial charge is 0.349 e. The fraction of sp³-hybridized carbons (Fsp3) is 0.278. The summed E-state index contributed by atoms with van der Waals surface area (Å²) in [6.07, 6.45) is 1.22. The number of amides is 1. The monoisotopic (exact) mass is 301 g/mol. The second kappa shape index (κ2) is 7.28. The summed E-state index contributed by atoms with van der Waals surface area (Å²) < 4.78 is 0. The molecule has 21 heavy (non-hydrogen) atoms. The third-order valence-corrected chi connectivity index (χ3v) is 3.80. The summed E-state index contributed by atoms with van der Waals surface area (Å²) >= 11 is 5.95. The Kier molecular flexibility index (Phi) is 5.40. The lowest BCUT2D eigenvalue weighted by atomic mass is 9.99. The van der Waals surface area contributed by atoms with E-state index < -0.39 is 0 Å². The Balaban J connectivity index is 2.05. The Morgan fingerprint density at radius 2 is 1.95 bits per heavy atom. The van der Waals surface area contributed by atoms with Crippen LogP contribution in [0.3, 0.4) is 0 Å². The highest BCUT2D eigenvalue weighted by Gasteiger charge is 2.14. The van der Waals surface area contributed by atoms with Crippen molar-refractivity contribution in [3.05, 3.63) is 70.2 Å². The second-order valence-corrected chi connectivity index (χ2v) is 5.63. The van der Waals surface area contributed by atoms with Crippen molar-refractivity contribution in [2.24, 2.45) is 0 Å². The predicted octanol–water partition coefficient (Wildman–Crippen LogP) is 4.46. The summed E-state index contributed by atoms with van der Waals surface area (Å²) in [5.74, 6) is 0.0207. The van der Waals surface area contributed by atoms with Crippen molar-refractivity contribution in [1.29, 1.82) is 0 Å². The normalized spacial score (nSPS) is 12.0. The molecule has 1 N–H and O–H groups in total. The van der Waals surface area contributed by atoms with E-state index in [4.69, 9.17) is 11.6 Å². The van der Waals surface area contributed by atoms with Gasteiger partial charge in [0.1, 0.15) is 0 Å². The highest BCUT2D eigenvalue weighted by Crippen LogP contribution is 2.20. The molecule has 110 valence electrons. The molecule has 0 aliphatic heterocycles. The van der Waals surface area contributed by atoms with Crippen molar-refractivity contribution in [2.45, 2.75) is 32.7 Å². The van der Waals surface area contributed by atoms with Gasteiger partial charge in [0.25, 0.3) is 0 Å². The van der Waals surface area contributed by atoms with Crippen LogP contribution in [0.25, 0.3) is 0 Å². The molecule has 0 radical (unpaired) electrons. The van der Waals surface area contributed by atoms with E-state index in [1.165, 1.54) is 11.1 Å². The van der Waals surface area contributed by atoms with Crippen LogP contribution in [0.2, 0.25) is 5.02 Å². The lowest BCUT2D eigenvalue weighted by Crippen LogP contribution is -2.29. The van der Waals surface area contributed by atoms with E-state index in [0.717, 1.165) is 12.0 Å². The molecule has 2 nitrogen and oxygen atoms in total. The first-order chi connectivity index (χ1) is 10.1. The fourth-order valence-corrected chi connectivity index (χ4v) is 2.67. The molecule has 0 aliphatic rings. The van der Waals surface area contributed by atoms with Crippen LogP contribution >= 0.6 is 11.6 Å². The molecule has 0 heterocycles. The minimum Gasteiger partial charge on any atom is -0.349 e. The van der Waals surface area contributed by atoms with Crippen molar-refractivity contribution in [3.8, 4) is 0 Å². The number of hydrogen-bond acceptors (Lipinski definition) is 1. The van der Waals surface area contributed by atoms with Crippen LogP contribution in [0.4, 0.5) is 0 Å². The minimum atomic E-state index is 0.0207. The van der Waals surface area contributed by atoms with Gasteiger partial charge >= 0.3 is 0 Å². The molecule has 0 unspecified atom stereocenters. The van der Waals surface area contributed by atoms with Crippen molar-refractivity contribution in [2.75, 3.05) is 0 Å². The van der Waals surface area contributed by atoms with Crippen molar-refractivity contribution < 1.29 is 4.79 Å². The Morgan fingerprint density at radius 3 is 2.62 bits per heavy atom. The predicted molar refractivity (Wildman–Crippen MR) is 87.5 cm³/mol. The Labute approximate surface area is 131 Å². The Bertz CT molecular complexity index is 624. The molecule has 0 aromatic heterocycles. The molecule has 0 bridgehead atoms. The smallest absolute Gasteiger partial charge is 0.224 e. The highest BCUT2D eigenvalue weighted by molar-refractivity contribution is 6.30. The first kappa shape index (κ1) is 15.6. The van der Waals surface area contributed by atoms with Gasteiger partial charge < -0.3 is 5.32 Å². The number of hydrogen-bond donors (Lipinski definition) is 1. The van der Waals surface area contributed by atoms with Crippen molar-refractivity contribution in [3.63, 3.8) is 0 Å². The number of halogens is 1. The third kappa shape index (κ3) is 4.33. The molecule has 2 rings (SSSR count). The SMILES string of the molecule is CC[C@@H](NC(=O)Cc1cccc(Cl)c1)c1ccccc1C. The van der Waals surface area contributed by atoms with Crippen LogP contribution in [0, 0.1) is 6.92 Å². The number of nitrogens with one attached hydrogen (secondary N) is 1. The zero-order valence-corrected chi connectivity index (χ0v) is 13.2. The van der Waals surface area contributed by atoms with Crippen molar-refractivity contribution >= 4 is 17.5 Å². The van der Waals surface area contributed by atoms with Gasteiger partial charge in [-0.15, -0.1) is 0 Å². The summed E-state index contributed by atoms with van der Waals surface area (Å²) in [5.41, 5.74) is 3.31. The average Bonchev–Trinajstić information content (AvgIpc) is 2.45. The van der Waals surface area contributed by atoms with Gasteiger partial charge in [0, 0.05) is 5.02 Å². The van der Waals surface area contributed by atoms with E-state index in [2.05, 4.69) is 31.3 Å². The van der Waals surface area contributed by atoms with Gasteiger partial charge in [-0.2, -0.15) is 0 Å². The molecule has 0 aliphatic carbocycles. The number of rotatable bonds is 5. The van der Waals surface area contributed by atoms with E-state index in [9.17, 15) is 4.79 Å². The standard InChI is InChI=1S/C18H20ClNO/c1-3-17(16-10-5-4-7-13(16)2)20-18(21)12-14-8-6-9-15(19)11-14/h4-11,17H,3,12H2,1-2H3,(H,20,21)/t17-/m1/s1. The maximum absolute atomic E-state index is 12.2. The Morgan fingerprint density at radius 1 is 1.19 bits per heavy atom. The molecular weight excluding hydrogens is 282 g/mol. The van der Waals surface area contributed by atoms with Gasteiger partial charge in [-0.25, -0.2) is 0 Å². The molecule has 3 heteroatoms. The van der Waals surface area contributed by atoms with E-state index >= 15 is 0 Å². The third-order valence-electron chi connectivity index (χ3n) is 3.56. The van der Waals surface area contributed by atoms with Crippen LogP contribution in [0.5, 0.6) is 0 Å². The zero-order valence-electron chi connectivity index (χ0n) is 12.4. The van der Waals surface area contributed by atoms with Gasteiger partial charge in [0.05, 0.1) is 12.5 Å². The maximum atomic E-state index is 12.2. The van der Waals surface area contributed by atoms with Crippen LogP contribution in [-0.4, -0.2) is 5.91 Å². The molecule has 0 spiro atoms.